The fourth-order valence-electron chi connectivity index (χ4n) is 2.20. The number of nitrogens with zero attached hydrogens (tertiary/aromatic N) is 1. The standard InChI is InChI=1S/C19H23N3O2/c1-14(23)20-12-15-4-8-17(9-5-15)19(24)21-13-16-6-10-18(11-7-16)22(2)3/h4-11H,12-13H2,1-3H3,(H,20,23)(H,21,24). The lowest BCUT2D eigenvalue weighted by molar-refractivity contribution is -0.119. The number of benzene rings is 2. The number of amides is 2. The molecule has 126 valence electrons. The van der Waals surface area contributed by atoms with Crippen LogP contribution in [0.15, 0.2) is 48.5 Å². The summed E-state index contributed by atoms with van der Waals surface area (Å²) in [5.74, 6) is -0.185. The third-order valence-corrected chi connectivity index (χ3v) is 3.66. The fraction of sp³-hybridized carbons (Fsp3) is 0.263. The molecule has 2 rings (SSSR count). The van der Waals surface area contributed by atoms with Crippen LogP contribution in [0.4, 0.5) is 5.69 Å². The number of rotatable bonds is 6. The number of nitrogens with one attached hydrogen (secondary N) is 2. The van der Waals surface area contributed by atoms with Gasteiger partial charge in [-0.3, -0.25) is 9.59 Å². The molecule has 2 N–H and O–H groups in total. The van der Waals surface area contributed by atoms with Gasteiger partial charge in [-0.25, -0.2) is 0 Å². The lowest BCUT2D eigenvalue weighted by Crippen LogP contribution is -2.23. The first-order chi connectivity index (χ1) is 11.5. The van der Waals surface area contributed by atoms with E-state index in [0.29, 0.717) is 18.7 Å². The summed E-state index contributed by atoms with van der Waals surface area (Å²) in [5.41, 5.74) is 3.74. The first-order valence-electron chi connectivity index (χ1n) is 7.83. The van der Waals surface area contributed by atoms with Crippen molar-refractivity contribution in [1.29, 1.82) is 0 Å². The molecule has 0 unspecified atom stereocenters. The molecule has 0 aliphatic carbocycles. The van der Waals surface area contributed by atoms with Gasteiger partial charge < -0.3 is 15.5 Å². The van der Waals surface area contributed by atoms with Gasteiger partial charge in [-0.1, -0.05) is 24.3 Å². The minimum Gasteiger partial charge on any atom is -0.378 e. The number of hydrogen-bond acceptors (Lipinski definition) is 3. The summed E-state index contributed by atoms with van der Waals surface area (Å²) in [5, 5.41) is 5.64. The minimum atomic E-state index is -0.113. The van der Waals surface area contributed by atoms with Crippen LogP contribution in [0, 0.1) is 0 Å². The average Bonchev–Trinajstić information content (AvgIpc) is 2.58. The van der Waals surface area contributed by atoms with E-state index < -0.39 is 0 Å². The van der Waals surface area contributed by atoms with Gasteiger partial charge >= 0.3 is 0 Å². The van der Waals surface area contributed by atoms with Gasteiger partial charge in [0, 0.05) is 45.4 Å². The van der Waals surface area contributed by atoms with Crippen LogP contribution in [0.3, 0.4) is 0 Å². The Hall–Kier alpha value is -2.82. The van der Waals surface area contributed by atoms with Gasteiger partial charge in [0.1, 0.15) is 0 Å². The van der Waals surface area contributed by atoms with E-state index in [2.05, 4.69) is 10.6 Å². The van der Waals surface area contributed by atoms with Crippen LogP contribution in [-0.2, 0) is 17.9 Å². The molecule has 0 atom stereocenters. The third-order valence-electron chi connectivity index (χ3n) is 3.66. The van der Waals surface area contributed by atoms with Gasteiger partial charge in [-0.05, 0) is 35.4 Å². The Morgan fingerprint density at radius 3 is 1.83 bits per heavy atom. The van der Waals surface area contributed by atoms with Gasteiger partial charge in [-0.2, -0.15) is 0 Å². The molecule has 0 radical (unpaired) electrons. The van der Waals surface area contributed by atoms with Crippen LogP contribution in [0.25, 0.3) is 0 Å². The van der Waals surface area contributed by atoms with Gasteiger partial charge in [0.05, 0.1) is 0 Å². The Kier molecular flexibility index (Phi) is 5.95. The highest BCUT2D eigenvalue weighted by Crippen LogP contribution is 2.12. The van der Waals surface area contributed by atoms with Crippen molar-refractivity contribution in [3.8, 4) is 0 Å². The molecule has 2 aromatic rings. The SMILES string of the molecule is CC(=O)NCc1ccc(C(=O)NCc2ccc(N(C)C)cc2)cc1. The van der Waals surface area contributed by atoms with Gasteiger partial charge in [0.2, 0.25) is 5.91 Å². The first kappa shape index (κ1) is 17.5. The highest BCUT2D eigenvalue weighted by molar-refractivity contribution is 5.94. The monoisotopic (exact) mass is 325 g/mol. The van der Waals surface area contributed by atoms with Crippen molar-refractivity contribution < 1.29 is 9.59 Å². The molecule has 0 saturated carbocycles. The Morgan fingerprint density at radius 2 is 1.33 bits per heavy atom. The second kappa shape index (κ2) is 8.15. The van der Waals surface area contributed by atoms with Crippen molar-refractivity contribution in [3.05, 3.63) is 65.2 Å². The zero-order valence-electron chi connectivity index (χ0n) is 14.3. The van der Waals surface area contributed by atoms with E-state index in [-0.39, 0.29) is 11.8 Å². The maximum Gasteiger partial charge on any atom is 0.251 e. The Labute approximate surface area is 142 Å². The molecular formula is C19H23N3O2. The Balaban J connectivity index is 1.88. The molecule has 0 aliphatic heterocycles. The summed E-state index contributed by atoms with van der Waals surface area (Å²) in [4.78, 5) is 25.1. The van der Waals surface area contributed by atoms with Crippen molar-refractivity contribution in [3.63, 3.8) is 0 Å². The summed E-state index contributed by atoms with van der Waals surface area (Å²) in [6.07, 6.45) is 0. The predicted molar refractivity (Wildman–Crippen MR) is 95.9 cm³/mol. The molecule has 0 spiro atoms. The van der Waals surface area contributed by atoms with Crippen LogP contribution in [0.2, 0.25) is 0 Å². The zero-order chi connectivity index (χ0) is 17.5. The zero-order valence-corrected chi connectivity index (χ0v) is 14.3. The first-order valence-corrected chi connectivity index (χ1v) is 7.83. The lowest BCUT2D eigenvalue weighted by Gasteiger charge is -2.13. The van der Waals surface area contributed by atoms with E-state index in [1.165, 1.54) is 6.92 Å². The average molecular weight is 325 g/mol. The molecular weight excluding hydrogens is 302 g/mol. The molecule has 24 heavy (non-hydrogen) atoms. The van der Waals surface area contributed by atoms with E-state index in [4.69, 9.17) is 0 Å². The van der Waals surface area contributed by atoms with Gasteiger partial charge in [0.15, 0.2) is 0 Å². The van der Waals surface area contributed by atoms with E-state index in [0.717, 1.165) is 16.8 Å². The third kappa shape index (κ3) is 5.12. The van der Waals surface area contributed by atoms with Gasteiger partial charge in [0.25, 0.3) is 5.91 Å². The highest BCUT2D eigenvalue weighted by Gasteiger charge is 2.05. The van der Waals surface area contributed by atoms with Crippen LogP contribution in [-0.4, -0.2) is 25.9 Å². The van der Waals surface area contributed by atoms with Crippen LogP contribution < -0.4 is 15.5 Å². The molecule has 0 aliphatic rings. The quantitative estimate of drug-likeness (QED) is 0.857. The molecule has 5 nitrogen and oxygen atoms in total. The van der Waals surface area contributed by atoms with E-state index in [9.17, 15) is 9.59 Å². The number of carbonyl (C=O) groups is 2. The Morgan fingerprint density at radius 1 is 0.833 bits per heavy atom. The summed E-state index contributed by atoms with van der Waals surface area (Å²) in [6.45, 7) is 2.43. The molecule has 0 fully saturated rings. The van der Waals surface area contributed by atoms with Crippen molar-refractivity contribution in [2.24, 2.45) is 0 Å². The minimum absolute atomic E-state index is 0.0721. The molecule has 2 aromatic carbocycles. The normalized spacial score (nSPS) is 10.1. The molecule has 0 aromatic heterocycles. The van der Waals surface area contributed by atoms with Crippen LogP contribution in [0.5, 0.6) is 0 Å². The largest absolute Gasteiger partial charge is 0.378 e. The van der Waals surface area contributed by atoms with E-state index >= 15 is 0 Å². The molecule has 0 heterocycles. The summed E-state index contributed by atoms with van der Waals surface area (Å²) < 4.78 is 0. The van der Waals surface area contributed by atoms with Crippen molar-refractivity contribution in [2.75, 3.05) is 19.0 Å². The maximum atomic E-state index is 12.2. The summed E-state index contributed by atoms with van der Waals surface area (Å²) in [6, 6.07) is 15.3. The lowest BCUT2D eigenvalue weighted by atomic mass is 10.1. The van der Waals surface area contributed by atoms with Crippen LogP contribution in [0.1, 0.15) is 28.4 Å². The molecule has 0 bridgehead atoms. The van der Waals surface area contributed by atoms with Crippen molar-refractivity contribution >= 4 is 17.5 Å². The van der Waals surface area contributed by atoms with Crippen molar-refractivity contribution in [2.45, 2.75) is 20.0 Å². The second-order valence-electron chi connectivity index (χ2n) is 5.85. The van der Waals surface area contributed by atoms with Crippen molar-refractivity contribution in [1.82, 2.24) is 10.6 Å². The number of carbonyl (C=O) groups excluding carboxylic acids is 2. The Bertz CT molecular complexity index is 692. The molecule has 5 heteroatoms. The number of hydrogen-bond donors (Lipinski definition) is 2. The second-order valence-corrected chi connectivity index (χ2v) is 5.85. The smallest absolute Gasteiger partial charge is 0.251 e. The summed E-state index contributed by atoms with van der Waals surface area (Å²) in [7, 11) is 3.98. The van der Waals surface area contributed by atoms with E-state index in [1.54, 1.807) is 12.1 Å². The maximum absolute atomic E-state index is 12.2. The van der Waals surface area contributed by atoms with Crippen LogP contribution >= 0.6 is 0 Å². The topological polar surface area (TPSA) is 61.4 Å². The highest BCUT2D eigenvalue weighted by atomic mass is 16.2. The molecule has 0 saturated heterocycles. The molecule has 2 amide bonds. The van der Waals surface area contributed by atoms with Gasteiger partial charge in [-0.15, -0.1) is 0 Å². The fourth-order valence-corrected chi connectivity index (χ4v) is 2.20. The predicted octanol–water partition coefficient (Wildman–Crippen LogP) is 2.32. The van der Waals surface area contributed by atoms with E-state index in [1.807, 2.05) is 55.4 Å². The summed E-state index contributed by atoms with van der Waals surface area (Å²) >= 11 is 0. The number of anilines is 1.